The molecule has 0 unspecified atom stereocenters. The van der Waals surface area contributed by atoms with Gasteiger partial charge in [-0.05, 0) is 37.1 Å². The second-order valence-corrected chi connectivity index (χ2v) is 8.06. The number of nitrogens with zero attached hydrogens (tertiary/aromatic N) is 2. The van der Waals surface area contributed by atoms with Gasteiger partial charge in [0.25, 0.3) is 0 Å². The Morgan fingerprint density at radius 2 is 1.97 bits per heavy atom. The van der Waals surface area contributed by atoms with Gasteiger partial charge in [0.2, 0.25) is 5.91 Å². The zero-order valence-electron chi connectivity index (χ0n) is 16.2. The molecule has 0 aromatic heterocycles. The molecule has 3 aliphatic rings. The minimum atomic E-state index is -1.61. The van der Waals surface area contributed by atoms with E-state index >= 15 is 0 Å². The van der Waals surface area contributed by atoms with Crippen molar-refractivity contribution in [2.24, 2.45) is 5.73 Å². The number of nitrogens with one attached hydrogen (secondary N) is 1. The molecule has 2 heterocycles. The maximum atomic E-state index is 13.8. The molecule has 0 bridgehead atoms. The number of nitriles is 1. The van der Waals surface area contributed by atoms with Crippen molar-refractivity contribution < 1.29 is 14.0 Å². The number of Topliss-reactive ketones (excluding diaryl/α,β-unsaturated/α-hetero) is 1. The number of fused-ring (bicyclic) bond motifs is 3. The van der Waals surface area contributed by atoms with Crippen LogP contribution in [0.15, 0.2) is 65.1 Å². The number of nitrogens with two attached hydrogens (primary N) is 1. The number of halogens is 2. The number of ketones is 1. The first kappa shape index (κ1) is 19.3. The molecular formula is C23H16ClFN4O2. The number of para-hydroxylation sites is 1. The van der Waals surface area contributed by atoms with Crippen molar-refractivity contribution in [3.05, 3.63) is 81.5 Å². The molecule has 0 saturated carbocycles. The molecule has 2 aromatic rings. The van der Waals surface area contributed by atoms with Crippen molar-refractivity contribution >= 4 is 34.7 Å². The Balaban J connectivity index is 1.88. The number of allylic oxidation sites excluding steroid dienone is 1. The Morgan fingerprint density at radius 1 is 1.19 bits per heavy atom. The predicted molar refractivity (Wildman–Crippen MR) is 113 cm³/mol. The van der Waals surface area contributed by atoms with Crippen LogP contribution in [0, 0.1) is 17.1 Å². The summed E-state index contributed by atoms with van der Waals surface area (Å²) >= 11 is 5.99. The van der Waals surface area contributed by atoms with Gasteiger partial charge >= 0.3 is 0 Å². The van der Waals surface area contributed by atoms with Gasteiger partial charge in [-0.25, -0.2) is 4.39 Å². The zero-order valence-corrected chi connectivity index (χ0v) is 17.0. The molecule has 1 spiro atoms. The summed E-state index contributed by atoms with van der Waals surface area (Å²) in [6, 6.07) is 13.1. The Labute approximate surface area is 182 Å². The van der Waals surface area contributed by atoms with Crippen LogP contribution in [0.1, 0.15) is 24.8 Å². The molecule has 1 amide bonds. The third kappa shape index (κ3) is 2.42. The number of carbonyl (C=O) groups is 2. The summed E-state index contributed by atoms with van der Waals surface area (Å²) in [4.78, 5) is 28.3. The molecule has 0 fully saturated rings. The van der Waals surface area contributed by atoms with E-state index in [1.54, 1.807) is 29.2 Å². The fourth-order valence-electron chi connectivity index (χ4n) is 4.86. The van der Waals surface area contributed by atoms with Gasteiger partial charge in [-0.15, -0.1) is 0 Å². The fourth-order valence-corrected chi connectivity index (χ4v) is 5.04. The van der Waals surface area contributed by atoms with Crippen LogP contribution in [0.2, 0.25) is 5.02 Å². The smallest absolute Gasteiger partial charge is 0.245 e. The third-order valence-corrected chi connectivity index (χ3v) is 6.38. The molecule has 31 heavy (non-hydrogen) atoms. The molecule has 1 atom stereocenters. The van der Waals surface area contributed by atoms with E-state index in [9.17, 15) is 19.2 Å². The number of anilines is 2. The van der Waals surface area contributed by atoms with Crippen molar-refractivity contribution in [2.45, 2.75) is 24.7 Å². The minimum Gasteiger partial charge on any atom is -0.384 e. The monoisotopic (exact) mass is 434 g/mol. The van der Waals surface area contributed by atoms with Crippen LogP contribution >= 0.6 is 11.6 Å². The third-order valence-electron chi connectivity index (χ3n) is 6.09. The van der Waals surface area contributed by atoms with Crippen LogP contribution in [0.3, 0.4) is 0 Å². The minimum absolute atomic E-state index is 0.0190. The summed E-state index contributed by atoms with van der Waals surface area (Å²) < 4.78 is 13.8. The maximum Gasteiger partial charge on any atom is 0.245 e. The molecule has 2 aliphatic heterocycles. The summed E-state index contributed by atoms with van der Waals surface area (Å²) in [6.45, 7) is 0. The van der Waals surface area contributed by atoms with Gasteiger partial charge in [-0.2, -0.15) is 5.26 Å². The average Bonchev–Trinajstić information content (AvgIpc) is 3.03. The Morgan fingerprint density at radius 3 is 2.71 bits per heavy atom. The van der Waals surface area contributed by atoms with Crippen LogP contribution in [-0.4, -0.2) is 11.7 Å². The maximum absolute atomic E-state index is 13.8. The lowest BCUT2D eigenvalue weighted by atomic mass is 9.64. The van der Waals surface area contributed by atoms with Gasteiger partial charge in [0.05, 0.1) is 10.6 Å². The summed E-state index contributed by atoms with van der Waals surface area (Å²) in [5, 5.41) is 12.9. The predicted octanol–water partition coefficient (Wildman–Crippen LogP) is 3.89. The van der Waals surface area contributed by atoms with Crippen LogP contribution < -0.4 is 16.0 Å². The summed E-state index contributed by atoms with van der Waals surface area (Å²) in [5.74, 6) is -1.27. The molecule has 1 aliphatic carbocycles. The number of hydrogen-bond donors (Lipinski definition) is 2. The van der Waals surface area contributed by atoms with Crippen molar-refractivity contribution in [2.75, 3.05) is 10.2 Å². The van der Waals surface area contributed by atoms with Crippen LogP contribution in [0.25, 0.3) is 0 Å². The molecule has 0 saturated heterocycles. The lowest BCUT2D eigenvalue weighted by Gasteiger charge is -2.43. The standard InChI is InChI=1S/C23H16ClFN4O2/c24-15-10-12(8-9-16(15)25)29-18-6-3-7-19(30)20(18)23(14(11-26)21(29)27)13-4-1-2-5-17(13)28-22(23)31/h1-2,4-5,8-10H,3,6-7,27H2,(H,28,31)/t23-/m0/s1. The van der Waals surface area contributed by atoms with Gasteiger partial charge in [0.1, 0.15) is 23.1 Å². The van der Waals surface area contributed by atoms with Crippen molar-refractivity contribution in [3.63, 3.8) is 0 Å². The lowest BCUT2D eigenvalue weighted by Crippen LogP contribution is -2.50. The van der Waals surface area contributed by atoms with E-state index in [0.29, 0.717) is 35.5 Å². The molecule has 6 nitrogen and oxygen atoms in total. The highest BCUT2D eigenvalue weighted by Crippen LogP contribution is 2.55. The number of benzene rings is 2. The Kier molecular flexibility index (Phi) is 4.17. The highest BCUT2D eigenvalue weighted by Gasteiger charge is 2.59. The first-order valence-electron chi connectivity index (χ1n) is 9.74. The van der Waals surface area contributed by atoms with Crippen LogP contribution in [-0.2, 0) is 15.0 Å². The van der Waals surface area contributed by atoms with Crippen molar-refractivity contribution in [1.29, 1.82) is 5.26 Å². The second-order valence-electron chi connectivity index (χ2n) is 7.65. The Bertz CT molecular complexity index is 1290. The average molecular weight is 435 g/mol. The number of amides is 1. The number of hydrogen-bond acceptors (Lipinski definition) is 5. The van der Waals surface area contributed by atoms with E-state index in [2.05, 4.69) is 11.4 Å². The van der Waals surface area contributed by atoms with Gasteiger partial charge in [-0.3, -0.25) is 14.5 Å². The van der Waals surface area contributed by atoms with Crippen molar-refractivity contribution in [3.8, 4) is 6.07 Å². The van der Waals surface area contributed by atoms with E-state index in [1.165, 1.54) is 18.2 Å². The lowest BCUT2D eigenvalue weighted by molar-refractivity contribution is -0.122. The van der Waals surface area contributed by atoms with Gasteiger partial charge in [0.15, 0.2) is 5.78 Å². The first-order chi connectivity index (χ1) is 14.9. The van der Waals surface area contributed by atoms with Crippen LogP contribution in [0.5, 0.6) is 0 Å². The second kappa shape index (κ2) is 6.69. The van der Waals surface area contributed by atoms with Gasteiger partial charge in [-0.1, -0.05) is 29.8 Å². The molecule has 5 rings (SSSR count). The summed E-state index contributed by atoms with van der Waals surface area (Å²) in [5.41, 5.74) is 7.11. The summed E-state index contributed by atoms with van der Waals surface area (Å²) in [6.07, 6.45) is 1.29. The van der Waals surface area contributed by atoms with E-state index in [4.69, 9.17) is 17.3 Å². The highest BCUT2D eigenvalue weighted by atomic mass is 35.5. The summed E-state index contributed by atoms with van der Waals surface area (Å²) in [7, 11) is 0. The van der Waals surface area contributed by atoms with E-state index in [-0.39, 0.29) is 34.2 Å². The Hall–Kier alpha value is -3.63. The molecule has 2 aromatic carbocycles. The van der Waals surface area contributed by atoms with E-state index in [1.807, 2.05) is 0 Å². The SMILES string of the molecule is N#CC1=C(N)N(c2ccc(F)c(Cl)c2)C2=C(C(=O)CCC2)[C@@]12C(=O)Nc1ccccc12. The van der Waals surface area contributed by atoms with Gasteiger partial charge in [0, 0.05) is 34.6 Å². The zero-order chi connectivity index (χ0) is 21.9. The van der Waals surface area contributed by atoms with E-state index < -0.39 is 17.1 Å². The van der Waals surface area contributed by atoms with Crippen LogP contribution in [0.4, 0.5) is 15.8 Å². The normalized spacial score (nSPS) is 22.4. The first-order valence-corrected chi connectivity index (χ1v) is 10.1. The molecule has 3 N–H and O–H groups in total. The molecule has 154 valence electrons. The molecular weight excluding hydrogens is 419 g/mol. The quantitative estimate of drug-likeness (QED) is 0.709. The van der Waals surface area contributed by atoms with Gasteiger partial charge < -0.3 is 11.1 Å². The highest BCUT2D eigenvalue weighted by molar-refractivity contribution is 6.31. The van der Waals surface area contributed by atoms with E-state index in [0.717, 1.165) is 0 Å². The topological polar surface area (TPSA) is 99.2 Å². The largest absolute Gasteiger partial charge is 0.384 e. The molecule has 0 radical (unpaired) electrons. The van der Waals surface area contributed by atoms with Crippen molar-refractivity contribution in [1.82, 2.24) is 0 Å². The fraction of sp³-hybridized carbons (Fsp3) is 0.174. The number of rotatable bonds is 1. The number of carbonyl (C=O) groups excluding carboxylic acids is 2. The molecule has 8 heteroatoms.